The second kappa shape index (κ2) is 9.23. The molecule has 0 saturated carbocycles. The van der Waals surface area contributed by atoms with E-state index in [0.717, 1.165) is 30.2 Å². The van der Waals surface area contributed by atoms with E-state index in [4.69, 9.17) is 0 Å². The molecule has 0 amide bonds. The molecule has 1 aliphatic rings. The van der Waals surface area contributed by atoms with Gasteiger partial charge in [0.25, 0.3) is 20.0 Å². The topological polar surface area (TPSA) is 105 Å². The molecule has 3 rings (SSSR count). The fourth-order valence-corrected chi connectivity index (χ4v) is 4.76. The first-order valence-electron chi connectivity index (χ1n) is 9.26. The van der Waals surface area contributed by atoms with Crippen LogP contribution in [0.25, 0.3) is 6.08 Å². The minimum absolute atomic E-state index is 0.0484. The number of amidine groups is 1. The van der Waals surface area contributed by atoms with E-state index in [2.05, 4.69) is 14.4 Å². The second-order valence-corrected chi connectivity index (χ2v) is 9.88. The van der Waals surface area contributed by atoms with E-state index in [9.17, 15) is 16.8 Å². The first-order chi connectivity index (χ1) is 13.8. The minimum atomic E-state index is -3.75. The van der Waals surface area contributed by atoms with Crippen LogP contribution in [0.5, 0.6) is 0 Å². The molecule has 0 fully saturated rings. The van der Waals surface area contributed by atoms with Crippen molar-refractivity contribution in [3.05, 3.63) is 65.6 Å². The van der Waals surface area contributed by atoms with E-state index >= 15 is 0 Å². The summed E-state index contributed by atoms with van der Waals surface area (Å²) in [5, 5.41) is 1.07. The molecule has 0 aliphatic carbocycles. The molecular weight excluding hydrogens is 410 g/mol. The predicted octanol–water partition coefficient (Wildman–Crippen LogP) is 3.35. The van der Waals surface area contributed by atoms with Gasteiger partial charge >= 0.3 is 0 Å². The molecule has 2 N–H and O–H groups in total. The average Bonchev–Trinajstić information content (AvgIpc) is 2.96. The fraction of sp³-hybridized carbons (Fsp3) is 0.250. The highest BCUT2D eigenvalue weighted by Crippen LogP contribution is 2.17. The third-order valence-electron chi connectivity index (χ3n) is 4.29. The van der Waals surface area contributed by atoms with Crippen LogP contribution in [0.3, 0.4) is 0 Å². The Balaban J connectivity index is 1.67. The summed E-state index contributed by atoms with van der Waals surface area (Å²) in [5.41, 5.74) is 1.03. The highest BCUT2D eigenvalue weighted by molar-refractivity contribution is 7.95. The minimum Gasteiger partial charge on any atom is -0.280 e. The third-order valence-corrected chi connectivity index (χ3v) is 6.70. The standard InChI is InChI=1S/C20H23N3O4S2/c24-28(25,16-14-17-7-3-1-4-8-17)22-18-10-12-19(13-11-18)29(26,27)23-20-9-5-2-6-15-21-20/h1,3-4,7-8,10-14,16,22H,2,5-6,9,15H2,(H,21,23)/b16-14+. The summed E-state index contributed by atoms with van der Waals surface area (Å²) >= 11 is 0. The van der Waals surface area contributed by atoms with Crippen molar-refractivity contribution in [1.29, 1.82) is 0 Å². The van der Waals surface area contributed by atoms with Crippen LogP contribution in [0.15, 0.2) is 69.9 Å². The van der Waals surface area contributed by atoms with E-state index in [1.54, 1.807) is 12.1 Å². The van der Waals surface area contributed by atoms with Gasteiger partial charge in [-0.15, -0.1) is 0 Å². The van der Waals surface area contributed by atoms with E-state index in [1.807, 2.05) is 18.2 Å². The number of aliphatic imine (C=N–C) groups is 1. The monoisotopic (exact) mass is 433 g/mol. The highest BCUT2D eigenvalue weighted by atomic mass is 32.2. The number of anilines is 1. The van der Waals surface area contributed by atoms with Crippen LogP contribution >= 0.6 is 0 Å². The van der Waals surface area contributed by atoms with Crippen LogP contribution in [0.2, 0.25) is 0 Å². The predicted molar refractivity (Wildman–Crippen MR) is 116 cm³/mol. The summed E-state index contributed by atoms with van der Waals surface area (Å²) in [5.74, 6) is 0.471. The van der Waals surface area contributed by atoms with Crippen LogP contribution in [-0.4, -0.2) is 29.2 Å². The molecule has 9 heteroatoms. The zero-order valence-electron chi connectivity index (χ0n) is 15.8. The maximum absolute atomic E-state index is 12.5. The Bertz CT molecular complexity index is 1090. The molecule has 0 unspecified atom stereocenters. The lowest BCUT2D eigenvalue weighted by Crippen LogP contribution is -2.30. The largest absolute Gasteiger partial charge is 0.280 e. The number of rotatable bonds is 6. The molecule has 0 saturated heterocycles. The molecule has 0 spiro atoms. The number of benzene rings is 2. The molecular formula is C20H23N3O4S2. The molecule has 1 aliphatic heterocycles. The van der Waals surface area contributed by atoms with E-state index in [0.29, 0.717) is 18.8 Å². The number of nitrogens with one attached hydrogen (secondary N) is 2. The average molecular weight is 434 g/mol. The Morgan fingerprint density at radius 1 is 0.828 bits per heavy atom. The Kier molecular flexibility index (Phi) is 6.71. The van der Waals surface area contributed by atoms with Gasteiger partial charge in [0.15, 0.2) is 0 Å². The van der Waals surface area contributed by atoms with Crippen LogP contribution in [-0.2, 0) is 20.0 Å². The van der Waals surface area contributed by atoms with Crippen LogP contribution in [0.1, 0.15) is 31.2 Å². The Morgan fingerprint density at radius 2 is 1.55 bits per heavy atom. The summed E-state index contributed by atoms with van der Waals surface area (Å²) in [4.78, 5) is 4.32. The fourth-order valence-electron chi connectivity index (χ4n) is 2.80. The van der Waals surface area contributed by atoms with Crippen molar-refractivity contribution < 1.29 is 16.8 Å². The van der Waals surface area contributed by atoms with Gasteiger partial charge in [-0.25, -0.2) is 16.8 Å². The number of nitrogens with zero attached hydrogens (tertiary/aromatic N) is 1. The van der Waals surface area contributed by atoms with Crippen LogP contribution < -0.4 is 9.44 Å². The Labute approximate surface area is 171 Å². The summed E-state index contributed by atoms with van der Waals surface area (Å²) in [6, 6.07) is 14.6. The van der Waals surface area contributed by atoms with Crippen molar-refractivity contribution >= 4 is 37.6 Å². The maximum Gasteiger partial charge on any atom is 0.262 e. The smallest absolute Gasteiger partial charge is 0.262 e. The molecule has 2 aromatic rings. The summed E-state index contributed by atoms with van der Waals surface area (Å²) in [6.45, 7) is 0.620. The van der Waals surface area contributed by atoms with Crippen molar-refractivity contribution in [2.24, 2.45) is 4.99 Å². The summed E-state index contributed by atoms with van der Waals surface area (Å²) in [7, 11) is -7.48. The van der Waals surface area contributed by atoms with Crippen LogP contribution in [0.4, 0.5) is 5.69 Å². The molecule has 7 nitrogen and oxygen atoms in total. The molecule has 1 heterocycles. The number of hydrogen-bond acceptors (Lipinski definition) is 5. The SMILES string of the molecule is O=S(=O)(/C=C/c1ccccc1)Nc1ccc(S(=O)(=O)NC2=NCCCCC2)cc1. The van der Waals surface area contributed by atoms with Gasteiger partial charge in [0.2, 0.25) is 0 Å². The molecule has 0 aromatic heterocycles. The molecule has 154 valence electrons. The van der Waals surface area contributed by atoms with Gasteiger partial charge in [0.1, 0.15) is 5.84 Å². The lowest BCUT2D eigenvalue weighted by molar-refractivity contribution is 0.592. The van der Waals surface area contributed by atoms with Gasteiger partial charge in [0, 0.05) is 18.7 Å². The first kappa shape index (κ1) is 21.1. The zero-order valence-corrected chi connectivity index (χ0v) is 17.4. The van der Waals surface area contributed by atoms with Crippen molar-refractivity contribution in [2.45, 2.75) is 30.6 Å². The van der Waals surface area contributed by atoms with Crippen molar-refractivity contribution in [3.8, 4) is 0 Å². The molecule has 29 heavy (non-hydrogen) atoms. The third kappa shape index (κ3) is 6.43. The lowest BCUT2D eigenvalue weighted by atomic mass is 10.2. The summed E-state index contributed by atoms with van der Waals surface area (Å²) in [6.07, 6.45) is 4.98. The highest BCUT2D eigenvalue weighted by Gasteiger charge is 2.17. The Hall–Kier alpha value is -2.65. The quantitative estimate of drug-likeness (QED) is 0.729. The number of hydrogen-bond donors (Lipinski definition) is 2. The van der Waals surface area contributed by atoms with Gasteiger partial charge in [-0.05, 0) is 48.7 Å². The van der Waals surface area contributed by atoms with Gasteiger partial charge in [0.05, 0.1) is 10.3 Å². The van der Waals surface area contributed by atoms with E-state index in [-0.39, 0.29) is 10.6 Å². The zero-order chi connectivity index (χ0) is 20.7. The van der Waals surface area contributed by atoms with Gasteiger partial charge in [-0.1, -0.05) is 36.8 Å². The van der Waals surface area contributed by atoms with E-state index in [1.165, 1.54) is 30.3 Å². The van der Waals surface area contributed by atoms with Crippen molar-refractivity contribution in [3.63, 3.8) is 0 Å². The normalized spacial score (nSPS) is 15.5. The molecule has 2 aromatic carbocycles. The van der Waals surface area contributed by atoms with Gasteiger partial charge < -0.3 is 0 Å². The molecule has 0 atom stereocenters. The van der Waals surface area contributed by atoms with Crippen molar-refractivity contribution in [1.82, 2.24) is 4.72 Å². The number of sulfonamides is 2. The van der Waals surface area contributed by atoms with Gasteiger partial charge in [-0.3, -0.25) is 14.4 Å². The molecule has 0 radical (unpaired) electrons. The first-order valence-corrected chi connectivity index (χ1v) is 12.3. The Morgan fingerprint density at radius 3 is 2.28 bits per heavy atom. The lowest BCUT2D eigenvalue weighted by Gasteiger charge is -2.10. The maximum atomic E-state index is 12.5. The second-order valence-electron chi connectivity index (χ2n) is 6.63. The van der Waals surface area contributed by atoms with Crippen molar-refractivity contribution in [2.75, 3.05) is 11.3 Å². The van der Waals surface area contributed by atoms with E-state index < -0.39 is 20.0 Å². The summed E-state index contributed by atoms with van der Waals surface area (Å²) < 4.78 is 54.4. The molecule has 0 bridgehead atoms. The van der Waals surface area contributed by atoms with Gasteiger partial charge in [-0.2, -0.15) is 0 Å². The van der Waals surface area contributed by atoms with Crippen LogP contribution in [0, 0.1) is 0 Å².